The molecule has 6 heteroatoms. The van der Waals surface area contributed by atoms with Crippen molar-refractivity contribution in [3.05, 3.63) is 57.7 Å². The lowest BCUT2D eigenvalue weighted by atomic mass is 10.1. The van der Waals surface area contributed by atoms with E-state index in [4.69, 9.17) is 9.47 Å². The number of nitrogens with zero attached hydrogens (tertiary/aromatic N) is 1. The molecule has 0 radical (unpaired) electrons. The van der Waals surface area contributed by atoms with Gasteiger partial charge in [-0.1, -0.05) is 6.07 Å². The van der Waals surface area contributed by atoms with E-state index in [0.29, 0.717) is 30.2 Å². The van der Waals surface area contributed by atoms with Gasteiger partial charge < -0.3 is 14.8 Å². The highest BCUT2D eigenvalue weighted by Crippen LogP contribution is 2.36. The first-order chi connectivity index (χ1) is 13.4. The van der Waals surface area contributed by atoms with Crippen molar-refractivity contribution in [3.63, 3.8) is 0 Å². The van der Waals surface area contributed by atoms with Gasteiger partial charge in [-0.15, -0.1) is 0 Å². The van der Waals surface area contributed by atoms with Crippen molar-refractivity contribution in [2.24, 2.45) is 0 Å². The quantitative estimate of drug-likeness (QED) is 0.479. The topological polar surface area (TPSA) is 60.5 Å². The second-order valence-corrected chi connectivity index (χ2v) is 7.28. The molecule has 1 N–H and O–H groups in total. The third kappa shape index (κ3) is 4.12. The summed E-state index contributed by atoms with van der Waals surface area (Å²) in [7, 11) is 0. The molecule has 0 bridgehead atoms. The molecule has 3 rings (SSSR count). The normalized spacial score (nSPS) is 10.8. The van der Waals surface area contributed by atoms with Crippen LogP contribution < -0.4 is 10.1 Å². The number of carbonyl (C=O) groups excluding carboxylic acids is 1. The van der Waals surface area contributed by atoms with Crippen molar-refractivity contribution in [1.29, 1.82) is 0 Å². The Morgan fingerprint density at radius 2 is 1.89 bits per heavy atom. The molecule has 0 spiro atoms. The van der Waals surface area contributed by atoms with E-state index in [1.54, 1.807) is 13.1 Å². The average molecular weight is 443 g/mol. The minimum absolute atomic E-state index is 0.299. The molecule has 0 unspecified atom stereocenters. The zero-order valence-electron chi connectivity index (χ0n) is 16.4. The Morgan fingerprint density at radius 3 is 2.57 bits per heavy atom. The van der Waals surface area contributed by atoms with Crippen molar-refractivity contribution < 1.29 is 14.3 Å². The highest BCUT2D eigenvalue weighted by molar-refractivity contribution is 9.10. The highest BCUT2D eigenvalue weighted by atomic mass is 79.9. The maximum Gasteiger partial charge on any atom is 0.341 e. The Kier molecular flexibility index (Phi) is 6.19. The predicted octanol–water partition coefficient (Wildman–Crippen LogP) is 5.93. The molecule has 28 heavy (non-hydrogen) atoms. The van der Waals surface area contributed by atoms with Gasteiger partial charge in [0.1, 0.15) is 11.3 Å². The molecule has 0 atom stereocenters. The van der Waals surface area contributed by atoms with Crippen molar-refractivity contribution in [1.82, 2.24) is 4.98 Å². The average Bonchev–Trinajstić information content (AvgIpc) is 2.66. The molecule has 1 heterocycles. The fourth-order valence-corrected chi connectivity index (χ4v) is 3.38. The van der Waals surface area contributed by atoms with E-state index in [1.807, 2.05) is 31.2 Å². The van der Waals surface area contributed by atoms with Crippen LogP contribution in [0.2, 0.25) is 0 Å². The summed E-state index contributed by atoms with van der Waals surface area (Å²) < 4.78 is 11.7. The zero-order valence-corrected chi connectivity index (χ0v) is 18.0. The van der Waals surface area contributed by atoms with Crippen molar-refractivity contribution in [2.45, 2.75) is 27.7 Å². The first-order valence-corrected chi connectivity index (χ1v) is 10.00. The van der Waals surface area contributed by atoms with Crippen LogP contribution >= 0.6 is 15.9 Å². The fourth-order valence-electron chi connectivity index (χ4n) is 2.92. The van der Waals surface area contributed by atoms with Gasteiger partial charge in [-0.2, -0.15) is 0 Å². The third-order valence-electron chi connectivity index (χ3n) is 4.49. The van der Waals surface area contributed by atoms with E-state index < -0.39 is 5.97 Å². The number of rotatable bonds is 6. The predicted molar refractivity (Wildman–Crippen MR) is 116 cm³/mol. The highest BCUT2D eigenvalue weighted by Gasteiger charge is 2.18. The van der Waals surface area contributed by atoms with Crippen LogP contribution in [-0.2, 0) is 4.74 Å². The summed E-state index contributed by atoms with van der Waals surface area (Å²) in [5.74, 6) is 0.303. The molecule has 2 aromatic carbocycles. The molecule has 0 fully saturated rings. The van der Waals surface area contributed by atoms with Crippen molar-refractivity contribution >= 4 is 44.2 Å². The number of pyridine rings is 1. The molecule has 0 aliphatic carbocycles. The maximum atomic E-state index is 12.5. The molecular formula is C22H23BrN2O3. The van der Waals surface area contributed by atoms with Gasteiger partial charge in [0.15, 0.2) is 0 Å². The summed E-state index contributed by atoms with van der Waals surface area (Å²) in [6, 6.07) is 9.88. The van der Waals surface area contributed by atoms with E-state index in [9.17, 15) is 4.79 Å². The molecule has 0 aliphatic heterocycles. The monoisotopic (exact) mass is 442 g/mol. The van der Waals surface area contributed by atoms with Crippen LogP contribution in [0.4, 0.5) is 11.4 Å². The molecule has 3 aromatic rings. The minimum Gasteiger partial charge on any atom is -0.493 e. The summed E-state index contributed by atoms with van der Waals surface area (Å²) in [6.45, 7) is 8.69. The van der Waals surface area contributed by atoms with Gasteiger partial charge in [0, 0.05) is 23.3 Å². The van der Waals surface area contributed by atoms with E-state index >= 15 is 0 Å². The number of anilines is 2. The number of ether oxygens (including phenoxy) is 2. The maximum absolute atomic E-state index is 12.5. The van der Waals surface area contributed by atoms with Gasteiger partial charge >= 0.3 is 5.97 Å². The van der Waals surface area contributed by atoms with E-state index in [-0.39, 0.29) is 0 Å². The number of carbonyl (C=O) groups is 1. The van der Waals surface area contributed by atoms with E-state index in [0.717, 1.165) is 21.1 Å². The molecule has 5 nitrogen and oxygen atoms in total. The second-order valence-electron chi connectivity index (χ2n) is 6.42. The van der Waals surface area contributed by atoms with Crippen LogP contribution in [-0.4, -0.2) is 24.2 Å². The molecule has 0 aliphatic rings. The number of nitrogens with one attached hydrogen (secondary N) is 1. The Hall–Kier alpha value is -2.60. The second kappa shape index (κ2) is 8.61. The van der Waals surface area contributed by atoms with Crippen LogP contribution in [0.15, 0.2) is 41.0 Å². The van der Waals surface area contributed by atoms with Crippen LogP contribution in [0.3, 0.4) is 0 Å². The lowest BCUT2D eigenvalue weighted by molar-refractivity contribution is 0.0527. The van der Waals surface area contributed by atoms with Gasteiger partial charge in [0.05, 0.1) is 28.9 Å². The van der Waals surface area contributed by atoms with Crippen molar-refractivity contribution in [2.75, 3.05) is 18.5 Å². The lowest BCUT2D eigenvalue weighted by Gasteiger charge is -2.16. The summed E-state index contributed by atoms with van der Waals surface area (Å²) in [5.41, 5.74) is 5.05. The molecular weight excluding hydrogens is 420 g/mol. The first-order valence-electron chi connectivity index (χ1n) is 9.21. The molecule has 0 amide bonds. The Balaban J connectivity index is 2.18. The Labute approximate surface area is 173 Å². The smallest absolute Gasteiger partial charge is 0.341 e. The van der Waals surface area contributed by atoms with Crippen LogP contribution in [0, 0.1) is 13.8 Å². The summed E-state index contributed by atoms with van der Waals surface area (Å²) in [4.78, 5) is 17.0. The lowest BCUT2D eigenvalue weighted by Crippen LogP contribution is -2.09. The third-order valence-corrected chi connectivity index (χ3v) is 5.11. The number of esters is 1. The number of hydrogen-bond donors (Lipinski definition) is 1. The minimum atomic E-state index is -0.409. The largest absolute Gasteiger partial charge is 0.493 e. The summed E-state index contributed by atoms with van der Waals surface area (Å²) >= 11 is 3.55. The summed E-state index contributed by atoms with van der Waals surface area (Å²) in [6.07, 6.45) is 1.55. The summed E-state index contributed by atoms with van der Waals surface area (Å²) in [5, 5.41) is 4.20. The van der Waals surface area contributed by atoms with Gasteiger partial charge in [0.2, 0.25) is 0 Å². The number of aromatic nitrogens is 1. The Bertz CT molecular complexity index is 1030. The molecule has 146 valence electrons. The number of fused-ring (bicyclic) bond motifs is 1. The van der Waals surface area contributed by atoms with Crippen molar-refractivity contribution in [3.8, 4) is 5.75 Å². The van der Waals surface area contributed by atoms with E-state index in [1.165, 1.54) is 11.1 Å². The molecule has 0 saturated heterocycles. The van der Waals surface area contributed by atoms with Gasteiger partial charge in [-0.05, 0) is 73.0 Å². The SMILES string of the molecule is CCOC(=O)c1cnc2cc(OCC)c(Br)cc2c1Nc1ccc(C)c(C)c1. The first kappa shape index (κ1) is 20.1. The van der Waals surface area contributed by atoms with Gasteiger partial charge in [-0.3, -0.25) is 4.98 Å². The van der Waals surface area contributed by atoms with Gasteiger partial charge in [-0.25, -0.2) is 4.79 Å². The van der Waals surface area contributed by atoms with E-state index in [2.05, 4.69) is 46.1 Å². The number of benzene rings is 2. The van der Waals surface area contributed by atoms with Crippen LogP contribution in [0.25, 0.3) is 10.9 Å². The fraction of sp³-hybridized carbons (Fsp3) is 0.273. The number of hydrogen-bond acceptors (Lipinski definition) is 5. The Morgan fingerprint density at radius 1 is 1.11 bits per heavy atom. The molecule has 0 saturated carbocycles. The number of halogens is 1. The van der Waals surface area contributed by atoms with Crippen LogP contribution in [0.5, 0.6) is 5.75 Å². The standard InChI is InChI=1S/C22H23BrN2O3/c1-5-27-20-11-19-16(10-18(20)23)21(17(12-24-19)22(26)28-6-2)25-15-8-7-13(3)14(4)9-15/h7-12H,5-6H2,1-4H3,(H,24,25). The van der Waals surface area contributed by atoms with Crippen LogP contribution in [0.1, 0.15) is 35.3 Å². The molecule has 1 aromatic heterocycles. The zero-order chi connectivity index (χ0) is 20.3. The van der Waals surface area contributed by atoms with Gasteiger partial charge in [0.25, 0.3) is 0 Å². The number of aryl methyl sites for hydroxylation is 2.